The molecule has 0 aliphatic rings. The highest BCUT2D eigenvalue weighted by molar-refractivity contribution is 5.94. The zero-order valence-electron chi connectivity index (χ0n) is 12.1. The number of amides is 1. The Morgan fingerprint density at radius 2 is 1.90 bits per heavy atom. The van der Waals surface area contributed by atoms with Gasteiger partial charge in [0.2, 0.25) is 0 Å². The first kappa shape index (κ1) is 14.1. The summed E-state index contributed by atoms with van der Waals surface area (Å²) in [7, 11) is 3.98. The van der Waals surface area contributed by atoms with Crippen molar-refractivity contribution in [3.63, 3.8) is 0 Å². The highest BCUT2D eigenvalue weighted by Crippen LogP contribution is 2.19. The number of hydrogen-bond acceptors (Lipinski definition) is 3. The van der Waals surface area contributed by atoms with Crippen LogP contribution in [-0.2, 0) is 6.54 Å². The first-order chi connectivity index (χ1) is 9.58. The molecule has 0 saturated heterocycles. The van der Waals surface area contributed by atoms with Gasteiger partial charge in [-0.1, -0.05) is 0 Å². The van der Waals surface area contributed by atoms with Crippen molar-refractivity contribution in [1.82, 2.24) is 10.3 Å². The van der Waals surface area contributed by atoms with E-state index in [0.29, 0.717) is 12.1 Å². The molecule has 1 aromatic heterocycles. The molecule has 20 heavy (non-hydrogen) atoms. The Labute approximate surface area is 119 Å². The molecule has 0 aliphatic heterocycles. The zero-order chi connectivity index (χ0) is 14.5. The second-order valence-corrected chi connectivity index (χ2v) is 4.93. The molecule has 0 spiro atoms. The summed E-state index contributed by atoms with van der Waals surface area (Å²) in [6, 6.07) is 9.51. The van der Waals surface area contributed by atoms with E-state index >= 15 is 0 Å². The van der Waals surface area contributed by atoms with Crippen molar-refractivity contribution in [2.45, 2.75) is 13.5 Å². The van der Waals surface area contributed by atoms with E-state index in [1.165, 1.54) is 0 Å². The minimum atomic E-state index is -0.0600. The predicted molar refractivity (Wildman–Crippen MR) is 80.9 cm³/mol. The lowest BCUT2D eigenvalue weighted by atomic mass is 10.1. The van der Waals surface area contributed by atoms with E-state index in [4.69, 9.17) is 0 Å². The van der Waals surface area contributed by atoms with Gasteiger partial charge >= 0.3 is 0 Å². The zero-order valence-corrected chi connectivity index (χ0v) is 12.1. The summed E-state index contributed by atoms with van der Waals surface area (Å²) >= 11 is 0. The monoisotopic (exact) mass is 269 g/mol. The van der Waals surface area contributed by atoms with Gasteiger partial charge in [-0.3, -0.25) is 9.78 Å². The second-order valence-electron chi connectivity index (χ2n) is 4.93. The number of rotatable bonds is 4. The lowest BCUT2D eigenvalue weighted by Gasteiger charge is -2.16. The van der Waals surface area contributed by atoms with Gasteiger partial charge in [-0.05, 0) is 48.4 Å². The van der Waals surface area contributed by atoms with E-state index in [-0.39, 0.29) is 5.91 Å². The summed E-state index contributed by atoms with van der Waals surface area (Å²) in [6.07, 6.45) is 3.44. The fraction of sp³-hybridized carbons (Fsp3) is 0.250. The number of anilines is 1. The molecular formula is C16H19N3O. The molecule has 0 radical (unpaired) electrons. The molecule has 1 N–H and O–H groups in total. The van der Waals surface area contributed by atoms with E-state index in [1.807, 2.05) is 56.3 Å². The van der Waals surface area contributed by atoms with Gasteiger partial charge in [0, 0.05) is 44.3 Å². The lowest BCUT2D eigenvalue weighted by Crippen LogP contribution is -2.23. The van der Waals surface area contributed by atoms with Gasteiger partial charge < -0.3 is 10.2 Å². The Morgan fingerprint density at radius 1 is 1.20 bits per heavy atom. The number of aromatic nitrogens is 1. The van der Waals surface area contributed by atoms with Crippen molar-refractivity contribution in [2.24, 2.45) is 0 Å². The van der Waals surface area contributed by atoms with E-state index in [2.05, 4.69) is 10.3 Å². The number of pyridine rings is 1. The molecule has 0 fully saturated rings. The van der Waals surface area contributed by atoms with Crippen LogP contribution in [0.4, 0.5) is 5.69 Å². The quantitative estimate of drug-likeness (QED) is 0.927. The van der Waals surface area contributed by atoms with Gasteiger partial charge in [-0.25, -0.2) is 0 Å². The van der Waals surface area contributed by atoms with Crippen LogP contribution in [0, 0.1) is 6.92 Å². The number of carbonyl (C=O) groups is 1. The van der Waals surface area contributed by atoms with E-state index in [0.717, 1.165) is 16.8 Å². The number of hydrogen-bond donors (Lipinski definition) is 1. The summed E-state index contributed by atoms with van der Waals surface area (Å²) in [4.78, 5) is 18.1. The smallest absolute Gasteiger partial charge is 0.251 e. The van der Waals surface area contributed by atoms with Gasteiger partial charge in [0.05, 0.1) is 0 Å². The lowest BCUT2D eigenvalue weighted by molar-refractivity contribution is 0.0951. The van der Waals surface area contributed by atoms with Crippen molar-refractivity contribution in [3.8, 4) is 0 Å². The number of nitrogens with zero attached hydrogens (tertiary/aromatic N) is 2. The summed E-state index contributed by atoms with van der Waals surface area (Å²) in [5.41, 5.74) is 3.93. The van der Waals surface area contributed by atoms with Gasteiger partial charge in [0.25, 0.3) is 5.91 Å². The molecule has 0 bridgehead atoms. The van der Waals surface area contributed by atoms with E-state index in [9.17, 15) is 4.79 Å². The van der Waals surface area contributed by atoms with Gasteiger partial charge in [-0.15, -0.1) is 0 Å². The third kappa shape index (κ3) is 3.35. The van der Waals surface area contributed by atoms with Crippen molar-refractivity contribution in [1.29, 1.82) is 0 Å². The van der Waals surface area contributed by atoms with Crippen LogP contribution in [0.3, 0.4) is 0 Å². The first-order valence-electron chi connectivity index (χ1n) is 6.53. The first-order valence-corrected chi connectivity index (χ1v) is 6.53. The SMILES string of the molecule is Cc1cc(C(=O)NCc2ccncc2)ccc1N(C)C. The van der Waals surface area contributed by atoms with Crippen molar-refractivity contribution >= 4 is 11.6 Å². The van der Waals surface area contributed by atoms with Gasteiger partial charge in [-0.2, -0.15) is 0 Å². The fourth-order valence-corrected chi connectivity index (χ4v) is 2.08. The van der Waals surface area contributed by atoms with Crippen LogP contribution < -0.4 is 10.2 Å². The molecule has 1 heterocycles. The summed E-state index contributed by atoms with van der Waals surface area (Å²) in [5, 5.41) is 2.91. The molecule has 0 aliphatic carbocycles. The largest absolute Gasteiger partial charge is 0.377 e. The molecule has 0 saturated carbocycles. The molecule has 4 nitrogen and oxygen atoms in total. The minimum absolute atomic E-state index is 0.0600. The summed E-state index contributed by atoms with van der Waals surface area (Å²) in [5.74, 6) is -0.0600. The highest BCUT2D eigenvalue weighted by Gasteiger charge is 2.08. The Bertz CT molecular complexity index is 594. The predicted octanol–water partition coefficient (Wildman–Crippen LogP) is 2.39. The second kappa shape index (κ2) is 6.19. The number of benzene rings is 1. The topological polar surface area (TPSA) is 45.2 Å². The van der Waals surface area contributed by atoms with E-state index < -0.39 is 0 Å². The molecule has 4 heteroatoms. The fourth-order valence-electron chi connectivity index (χ4n) is 2.08. The number of nitrogens with one attached hydrogen (secondary N) is 1. The maximum Gasteiger partial charge on any atom is 0.251 e. The maximum atomic E-state index is 12.1. The van der Waals surface area contributed by atoms with Crippen molar-refractivity contribution < 1.29 is 4.79 Å². The van der Waals surface area contributed by atoms with Crippen LogP contribution in [0.1, 0.15) is 21.5 Å². The van der Waals surface area contributed by atoms with Crippen molar-refractivity contribution in [3.05, 3.63) is 59.4 Å². The molecule has 0 unspecified atom stereocenters. The maximum absolute atomic E-state index is 12.1. The molecule has 1 aromatic carbocycles. The average Bonchev–Trinajstić information content (AvgIpc) is 2.45. The Kier molecular flexibility index (Phi) is 4.35. The van der Waals surface area contributed by atoms with Crippen LogP contribution >= 0.6 is 0 Å². The number of carbonyl (C=O) groups excluding carboxylic acids is 1. The van der Waals surface area contributed by atoms with Crippen molar-refractivity contribution in [2.75, 3.05) is 19.0 Å². The minimum Gasteiger partial charge on any atom is -0.377 e. The number of aryl methyl sites for hydroxylation is 1. The van der Waals surface area contributed by atoms with Crippen LogP contribution in [0.2, 0.25) is 0 Å². The average molecular weight is 269 g/mol. The third-order valence-electron chi connectivity index (χ3n) is 3.14. The van der Waals surface area contributed by atoms with Crippen LogP contribution in [0.15, 0.2) is 42.7 Å². The van der Waals surface area contributed by atoms with Gasteiger partial charge in [0.1, 0.15) is 0 Å². The standard InChI is InChI=1S/C16H19N3O/c1-12-10-14(4-5-15(12)19(2)3)16(20)18-11-13-6-8-17-9-7-13/h4-10H,11H2,1-3H3,(H,18,20). The van der Waals surface area contributed by atoms with E-state index in [1.54, 1.807) is 12.4 Å². The molecule has 104 valence electrons. The third-order valence-corrected chi connectivity index (χ3v) is 3.14. The molecule has 1 amide bonds. The van der Waals surface area contributed by atoms with Crippen LogP contribution in [0.25, 0.3) is 0 Å². The van der Waals surface area contributed by atoms with Gasteiger partial charge in [0.15, 0.2) is 0 Å². The molecule has 2 aromatic rings. The summed E-state index contributed by atoms with van der Waals surface area (Å²) < 4.78 is 0. The molecular weight excluding hydrogens is 250 g/mol. The highest BCUT2D eigenvalue weighted by atomic mass is 16.1. The van der Waals surface area contributed by atoms with Crippen LogP contribution in [0.5, 0.6) is 0 Å². The normalized spacial score (nSPS) is 10.2. The van der Waals surface area contributed by atoms with Crippen LogP contribution in [-0.4, -0.2) is 25.0 Å². The Hall–Kier alpha value is -2.36. The Balaban J connectivity index is 2.04. The molecule has 2 rings (SSSR count). The Morgan fingerprint density at radius 3 is 2.50 bits per heavy atom. The summed E-state index contributed by atoms with van der Waals surface area (Å²) in [6.45, 7) is 2.52. The molecule has 0 atom stereocenters.